The predicted octanol–water partition coefficient (Wildman–Crippen LogP) is 0.0908. The Morgan fingerprint density at radius 1 is 1.57 bits per heavy atom. The van der Waals surface area contributed by atoms with Crippen molar-refractivity contribution in [2.45, 2.75) is 12.8 Å². The van der Waals surface area contributed by atoms with Gasteiger partial charge in [-0.25, -0.2) is 0 Å². The SMILES string of the molecule is CNCCN(C)C(=O)COCC1CC1. The Labute approximate surface area is 85.6 Å². The number of carbonyl (C=O) groups is 1. The zero-order chi connectivity index (χ0) is 10.4. The van der Waals surface area contributed by atoms with E-state index in [1.165, 1.54) is 12.8 Å². The summed E-state index contributed by atoms with van der Waals surface area (Å²) in [4.78, 5) is 13.1. The van der Waals surface area contributed by atoms with Crippen LogP contribution in [0.1, 0.15) is 12.8 Å². The van der Waals surface area contributed by atoms with Gasteiger partial charge < -0.3 is 15.0 Å². The van der Waals surface area contributed by atoms with Crippen molar-refractivity contribution in [1.82, 2.24) is 10.2 Å². The van der Waals surface area contributed by atoms with E-state index in [1.807, 2.05) is 7.05 Å². The first-order chi connectivity index (χ1) is 6.74. The van der Waals surface area contributed by atoms with E-state index in [9.17, 15) is 4.79 Å². The molecule has 14 heavy (non-hydrogen) atoms. The van der Waals surface area contributed by atoms with E-state index in [2.05, 4.69) is 5.32 Å². The van der Waals surface area contributed by atoms with E-state index in [0.717, 1.165) is 25.6 Å². The molecule has 1 saturated carbocycles. The van der Waals surface area contributed by atoms with Gasteiger partial charge in [0.25, 0.3) is 0 Å². The number of likely N-dealkylation sites (N-methyl/N-ethyl adjacent to an activating group) is 2. The van der Waals surface area contributed by atoms with Crippen molar-refractivity contribution in [1.29, 1.82) is 0 Å². The first-order valence-corrected chi connectivity index (χ1v) is 5.20. The number of ether oxygens (including phenoxy) is 1. The average molecular weight is 200 g/mol. The van der Waals surface area contributed by atoms with E-state index in [-0.39, 0.29) is 12.5 Å². The molecule has 1 fully saturated rings. The maximum absolute atomic E-state index is 11.4. The maximum atomic E-state index is 11.4. The second-order valence-electron chi connectivity index (χ2n) is 3.88. The van der Waals surface area contributed by atoms with E-state index < -0.39 is 0 Å². The lowest BCUT2D eigenvalue weighted by molar-refractivity contribution is -0.134. The van der Waals surface area contributed by atoms with Crippen LogP contribution in [0.25, 0.3) is 0 Å². The molecule has 4 nitrogen and oxygen atoms in total. The zero-order valence-corrected chi connectivity index (χ0v) is 9.08. The van der Waals surface area contributed by atoms with Crippen molar-refractivity contribution in [2.75, 3.05) is 40.4 Å². The molecule has 0 heterocycles. The summed E-state index contributed by atoms with van der Waals surface area (Å²) in [5, 5.41) is 3.00. The molecule has 0 aromatic rings. The van der Waals surface area contributed by atoms with Gasteiger partial charge in [-0.15, -0.1) is 0 Å². The van der Waals surface area contributed by atoms with Crippen LogP contribution < -0.4 is 5.32 Å². The summed E-state index contributed by atoms with van der Waals surface area (Å²) in [6, 6.07) is 0. The monoisotopic (exact) mass is 200 g/mol. The van der Waals surface area contributed by atoms with Crippen LogP contribution in [0, 0.1) is 5.92 Å². The lowest BCUT2D eigenvalue weighted by Crippen LogP contribution is -2.35. The summed E-state index contributed by atoms with van der Waals surface area (Å²) in [7, 11) is 3.68. The minimum Gasteiger partial charge on any atom is -0.371 e. The molecule has 0 aromatic carbocycles. The molecule has 0 aliphatic heterocycles. The largest absolute Gasteiger partial charge is 0.371 e. The molecular formula is C10H20N2O2. The molecule has 0 radical (unpaired) electrons. The molecule has 1 aliphatic carbocycles. The fraction of sp³-hybridized carbons (Fsp3) is 0.900. The van der Waals surface area contributed by atoms with Crippen LogP contribution in [0.2, 0.25) is 0 Å². The number of nitrogens with one attached hydrogen (secondary N) is 1. The average Bonchev–Trinajstić information content (AvgIpc) is 2.97. The normalized spacial score (nSPS) is 15.6. The van der Waals surface area contributed by atoms with Gasteiger partial charge in [-0.05, 0) is 25.8 Å². The second-order valence-corrected chi connectivity index (χ2v) is 3.88. The Morgan fingerprint density at radius 2 is 2.29 bits per heavy atom. The number of carbonyl (C=O) groups excluding carboxylic acids is 1. The minimum absolute atomic E-state index is 0.0703. The van der Waals surface area contributed by atoms with Crippen LogP contribution in [0.3, 0.4) is 0 Å². The molecule has 0 atom stereocenters. The van der Waals surface area contributed by atoms with E-state index in [0.29, 0.717) is 0 Å². The highest BCUT2D eigenvalue weighted by molar-refractivity contribution is 5.77. The second kappa shape index (κ2) is 5.98. The van der Waals surface area contributed by atoms with Crippen LogP contribution in [0.15, 0.2) is 0 Å². The van der Waals surface area contributed by atoms with E-state index >= 15 is 0 Å². The van der Waals surface area contributed by atoms with Gasteiger partial charge in [-0.3, -0.25) is 4.79 Å². The van der Waals surface area contributed by atoms with Crippen molar-refractivity contribution >= 4 is 5.91 Å². The molecule has 1 rings (SSSR count). The van der Waals surface area contributed by atoms with Crippen molar-refractivity contribution in [3.63, 3.8) is 0 Å². The molecular weight excluding hydrogens is 180 g/mol. The Morgan fingerprint density at radius 3 is 2.86 bits per heavy atom. The molecule has 0 saturated heterocycles. The molecule has 1 N–H and O–H groups in total. The van der Waals surface area contributed by atoms with E-state index in [4.69, 9.17) is 4.74 Å². The first-order valence-electron chi connectivity index (χ1n) is 5.20. The molecule has 0 spiro atoms. The lowest BCUT2D eigenvalue weighted by atomic mass is 10.4. The molecule has 0 aromatic heterocycles. The highest BCUT2D eigenvalue weighted by atomic mass is 16.5. The third-order valence-electron chi connectivity index (χ3n) is 2.40. The van der Waals surface area contributed by atoms with Gasteiger partial charge in [0.05, 0.1) is 6.61 Å². The van der Waals surface area contributed by atoms with Crippen LogP contribution in [0.4, 0.5) is 0 Å². The maximum Gasteiger partial charge on any atom is 0.248 e. The van der Waals surface area contributed by atoms with Gasteiger partial charge in [-0.1, -0.05) is 0 Å². The van der Waals surface area contributed by atoms with Crippen molar-refractivity contribution in [3.05, 3.63) is 0 Å². The van der Waals surface area contributed by atoms with Gasteiger partial charge >= 0.3 is 0 Å². The summed E-state index contributed by atoms with van der Waals surface area (Å²) in [5.41, 5.74) is 0. The molecule has 0 bridgehead atoms. The highest BCUT2D eigenvalue weighted by Gasteiger charge is 2.21. The third kappa shape index (κ3) is 4.58. The summed E-state index contributed by atoms with van der Waals surface area (Å²) < 4.78 is 5.31. The number of nitrogens with zero attached hydrogens (tertiary/aromatic N) is 1. The molecule has 1 aliphatic rings. The van der Waals surface area contributed by atoms with E-state index in [1.54, 1.807) is 11.9 Å². The lowest BCUT2D eigenvalue weighted by Gasteiger charge is -2.16. The number of amides is 1. The highest BCUT2D eigenvalue weighted by Crippen LogP contribution is 2.28. The predicted molar refractivity (Wildman–Crippen MR) is 55.1 cm³/mol. The topological polar surface area (TPSA) is 41.6 Å². The first kappa shape index (κ1) is 11.5. The van der Waals surface area contributed by atoms with Crippen LogP contribution >= 0.6 is 0 Å². The Hall–Kier alpha value is -0.610. The van der Waals surface area contributed by atoms with Gasteiger partial charge in [-0.2, -0.15) is 0 Å². The van der Waals surface area contributed by atoms with Crippen molar-refractivity contribution < 1.29 is 9.53 Å². The van der Waals surface area contributed by atoms with Crippen molar-refractivity contribution in [3.8, 4) is 0 Å². The zero-order valence-electron chi connectivity index (χ0n) is 9.08. The summed E-state index contributed by atoms with van der Waals surface area (Å²) in [5.74, 6) is 0.798. The fourth-order valence-electron chi connectivity index (χ4n) is 1.11. The Balaban J connectivity index is 2.00. The van der Waals surface area contributed by atoms with Gasteiger partial charge in [0.1, 0.15) is 6.61 Å². The fourth-order valence-corrected chi connectivity index (χ4v) is 1.11. The number of hydrogen-bond donors (Lipinski definition) is 1. The Bertz CT molecular complexity index is 181. The smallest absolute Gasteiger partial charge is 0.248 e. The number of rotatable bonds is 7. The van der Waals surface area contributed by atoms with Gasteiger partial charge in [0, 0.05) is 20.1 Å². The van der Waals surface area contributed by atoms with Gasteiger partial charge in [0.2, 0.25) is 5.91 Å². The van der Waals surface area contributed by atoms with Crippen molar-refractivity contribution in [2.24, 2.45) is 5.92 Å². The Kier molecular flexibility index (Phi) is 4.90. The van der Waals surface area contributed by atoms with Crippen LogP contribution in [-0.4, -0.2) is 51.2 Å². The van der Waals surface area contributed by atoms with Crippen LogP contribution in [0.5, 0.6) is 0 Å². The molecule has 4 heteroatoms. The molecule has 82 valence electrons. The summed E-state index contributed by atoms with van der Waals surface area (Å²) >= 11 is 0. The van der Waals surface area contributed by atoms with Gasteiger partial charge in [0.15, 0.2) is 0 Å². The standard InChI is InChI=1S/C10H20N2O2/c1-11-5-6-12(2)10(13)8-14-7-9-3-4-9/h9,11H,3-8H2,1-2H3. The molecule has 1 amide bonds. The van der Waals surface area contributed by atoms with Crippen LogP contribution in [-0.2, 0) is 9.53 Å². The quantitative estimate of drug-likeness (QED) is 0.633. The summed E-state index contributed by atoms with van der Waals surface area (Å²) in [6.45, 7) is 2.55. The third-order valence-corrected chi connectivity index (χ3v) is 2.40. The minimum atomic E-state index is 0.0703. The number of hydrogen-bond acceptors (Lipinski definition) is 3. The summed E-state index contributed by atoms with van der Waals surface area (Å²) in [6.07, 6.45) is 2.54. The molecule has 0 unspecified atom stereocenters.